The third-order valence-corrected chi connectivity index (χ3v) is 5.50. The summed E-state index contributed by atoms with van der Waals surface area (Å²) < 4.78 is 0. The monoisotopic (exact) mass is 295 g/mol. The first-order valence-corrected chi connectivity index (χ1v) is 9.37. The van der Waals surface area contributed by atoms with Crippen molar-refractivity contribution in [1.29, 1.82) is 0 Å². The minimum Gasteiger partial charge on any atom is -0.314 e. The Bertz CT molecular complexity index is 276. The number of nitrogens with one attached hydrogen (secondary N) is 1. The molecule has 21 heavy (non-hydrogen) atoms. The number of hydrogen-bond acceptors (Lipinski definition) is 3. The summed E-state index contributed by atoms with van der Waals surface area (Å²) in [5, 5.41) is 3.83. The van der Waals surface area contributed by atoms with Gasteiger partial charge < -0.3 is 15.1 Å². The van der Waals surface area contributed by atoms with Gasteiger partial charge >= 0.3 is 0 Å². The van der Waals surface area contributed by atoms with Gasteiger partial charge in [-0.25, -0.2) is 0 Å². The third kappa shape index (κ3) is 5.88. The topological polar surface area (TPSA) is 18.5 Å². The predicted octanol–water partition coefficient (Wildman–Crippen LogP) is 2.82. The molecule has 0 aromatic carbocycles. The first kappa shape index (κ1) is 17.2. The maximum absolute atomic E-state index is 3.83. The lowest BCUT2D eigenvalue weighted by atomic mass is 9.91. The van der Waals surface area contributed by atoms with E-state index in [4.69, 9.17) is 0 Å². The van der Waals surface area contributed by atoms with Crippen LogP contribution in [-0.4, -0.2) is 61.7 Å². The van der Waals surface area contributed by atoms with E-state index in [1.54, 1.807) is 0 Å². The summed E-state index contributed by atoms with van der Waals surface area (Å²) in [7, 11) is 0. The van der Waals surface area contributed by atoms with Crippen molar-refractivity contribution in [1.82, 2.24) is 15.1 Å². The second-order valence-electron chi connectivity index (χ2n) is 7.46. The molecule has 0 spiro atoms. The van der Waals surface area contributed by atoms with Crippen LogP contribution in [0.2, 0.25) is 0 Å². The quantitative estimate of drug-likeness (QED) is 0.779. The Balaban J connectivity index is 1.64. The fourth-order valence-electron chi connectivity index (χ4n) is 3.99. The van der Waals surface area contributed by atoms with Crippen molar-refractivity contribution < 1.29 is 0 Å². The van der Waals surface area contributed by atoms with Gasteiger partial charge in [0.15, 0.2) is 0 Å². The Morgan fingerprint density at radius 3 is 2.43 bits per heavy atom. The van der Waals surface area contributed by atoms with Gasteiger partial charge in [-0.3, -0.25) is 0 Å². The van der Waals surface area contributed by atoms with Gasteiger partial charge in [0.2, 0.25) is 0 Å². The molecule has 2 aliphatic rings. The average Bonchev–Trinajstić information content (AvgIpc) is 2.53. The fourth-order valence-corrected chi connectivity index (χ4v) is 3.99. The van der Waals surface area contributed by atoms with Crippen LogP contribution in [-0.2, 0) is 0 Å². The van der Waals surface area contributed by atoms with E-state index < -0.39 is 0 Å². The molecule has 2 saturated heterocycles. The minimum atomic E-state index is 0.670. The van der Waals surface area contributed by atoms with Crippen LogP contribution in [0, 0.1) is 11.8 Å². The van der Waals surface area contributed by atoms with Gasteiger partial charge in [-0.05, 0) is 77.2 Å². The smallest absolute Gasteiger partial charge is 0.00793 e. The molecule has 3 heteroatoms. The first-order valence-electron chi connectivity index (χ1n) is 9.37. The average molecular weight is 296 g/mol. The maximum Gasteiger partial charge on any atom is 0.00793 e. The highest BCUT2D eigenvalue weighted by molar-refractivity contribution is 4.81. The van der Waals surface area contributed by atoms with E-state index in [9.17, 15) is 0 Å². The number of rotatable bonds is 7. The van der Waals surface area contributed by atoms with Crippen LogP contribution in [0.1, 0.15) is 52.9 Å². The Kier molecular flexibility index (Phi) is 7.48. The van der Waals surface area contributed by atoms with Crippen LogP contribution in [0.25, 0.3) is 0 Å². The van der Waals surface area contributed by atoms with Crippen LogP contribution in [0.3, 0.4) is 0 Å². The lowest BCUT2D eigenvalue weighted by Gasteiger charge is -2.36. The van der Waals surface area contributed by atoms with Gasteiger partial charge in [-0.15, -0.1) is 0 Å². The highest BCUT2D eigenvalue weighted by atomic mass is 15.1. The number of nitrogens with zero attached hydrogens (tertiary/aromatic N) is 2. The van der Waals surface area contributed by atoms with Crippen LogP contribution in [0.15, 0.2) is 0 Å². The first-order chi connectivity index (χ1) is 10.2. The summed E-state index contributed by atoms with van der Waals surface area (Å²) in [6.07, 6.45) is 7.05. The molecule has 2 rings (SSSR count). The third-order valence-electron chi connectivity index (χ3n) is 5.50. The molecule has 0 saturated carbocycles. The molecule has 2 aliphatic heterocycles. The fraction of sp³-hybridized carbons (Fsp3) is 1.00. The normalized spacial score (nSPS) is 28.4. The molecule has 124 valence electrons. The van der Waals surface area contributed by atoms with Crippen molar-refractivity contribution in [3.8, 4) is 0 Å². The molecule has 0 amide bonds. The summed E-state index contributed by atoms with van der Waals surface area (Å²) in [6.45, 7) is 16.0. The lowest BCUT2D eigenvalue weighted by Crippen LogP contribution is -2.46. The zero-order valence-corrected chi connectivity index (χ0v) is 14.6. The van der Waals surface area contributed by atoms with E-state index in [1.807, 2.05) is 0 Å². The van der Waals surface area contributed by atoms with Crippen molar-refractivity contribution in [2.45, 2.75) is 58.9 Å². The second-order valence-corrected chi connectivity index (χ2v) is 7.46. The van der Waals surface area contributed by atoms with Crippen molar-refractivity contribution in [2.75, 3.05) is 45.8 Å². The van der Waals surface area contributed by atoms with E-state index in [-0.39, 0.29) is 0 Å². The van der Waals surface area contributed by atoms with E-state index in [2.05, 4.69) is 35.9 Å². The van der Waals surface area contributed by atoms with E-state index in [0.717, 1.165) is 11.8 Å². The summed E-state index contributed by atoms with van der Waals surface area (Å²) in [6, 6.07) is 0.670. The number of likely N-dealkylation sites (tertiary alicyclic amines) is 2. The molecule has 2 fully saturated rings. The maximum atomic E-state index is 3.83. The summed E-state index contributed by atoms with van der Waals surface area (Å²) in [5.41, 5.74) is 0. The van der Waals surface area contributed by atoms with Gasteiger partial charge in [0.05, 0.1) is 0 Å². The van der Waals surface area contributed by atoms with Gasteiger partial charge in [0, 0.05) is 19.1 Å². The van der Waals surface area contributed by atoms with E-state index in [1.165, 1.54) is 77.9 Å². The standard InChI is InChI=1S/C18H37N3/c1-4-20-12-8-9-18(15-20)17(3)19-13-16(2)14-21-10-6-5-7-11-21/h16-19H,4-15H2,1-3H3. The summed E-state index contributed by atoms with van der Waals surface area (Å²) in [5.74, 6) is 1.62. The molecule has 0 bridgehead atoms. The van der Waals surface area contributed by atoms with Crippen LogP contribution in [0.4, 0.5) is 0 Å². The molecule has 3 nitrogen and oxygen atoms in total. The number of piperidine rings is 2. The summed E-state index contributed by atoms with van der Waals surface area (Å²) in [4.78, 5) is 5.28. The Hall–Kier alpha value is -0.120. The van der Waals surface area contributed by atoms with E-state index in [0.29, 0.717) is 6.04 Å². The highest BCUT2D eigenvalue weighted by Gasteiger charge is 2.24. The molecule has 0 radical (unpaired) electrons. The SMILES string of the molecule is CCN1CCCC(C(C)NCC(C)CN2CCCCC2)C1. The van der Waals surface area contributed by atoms with Crippen molar-refractivity contribution in [3.63, 3.8) is 0 Å². The Labute approximate surface area is 132 Å². The molecular formula is C18H37N3. The van der Waals surface area contributed by atoms with Crippen LogP contribution >= 0.6 is 0 Å². The van der Waals surface area contributed by atoms with Crippen LogP contribution < -0.4 is 5.32 Å². The van der Waals surface area contributed by atoms with Gasteiger partial charge in [0.1, 0.15) is 0 Å². The largest absolute Gasteiger partial charge is 0.314 e. The predicted molar refractivity (Wildman–Crippen MR) is 91.8 cm³/mol. The zero-order chi connectivity index (χ0) is 15.1. The minimum absolute atomic E-state index is 0.670. The molecule has 0 aromatic rings. The summed E-state index contributed by atoms with van der Waals surface area (Å²) >= 11 is 0. The molecule has 3 atom stereocenters. The van der Waals surface area contributed by atoms with Crippen LogP contribution in [0.5, 0.6) is 0 Å². The molecule has 0 aromatic heterocycles. The lowest BCUT2D eigenvalue weighted by molar-refractivity contribution is 0.151. The molecule has 0 aliphatic carbocycles. The zero-order valence-electron chi connectivity index (χ0n) is 14.6. The van der Waals surface area contributed by atoms with Crippen molar-refractivity contribution in [2.24, 2.45) is 11.8 Å². The second kappa shape index (κ2) is 9.12. The van der Waals surface area contributed by atoms with Crippen molar-refractivity contribution in [3.05, 3.63) is 0 Å². The number of hydrogen-bond donors (Lipinski definition) is 1. The van der Waals surface area contributed by atoms with Crippen molar-refractivity contribution >= 4 is 0 Å². The van der Waals surface area contributed by atoms with Gasteiger partial charge in [-0.2, -0.15) is 0 Å². The van der Waals surface area contributed by atoms with Gasteiger partial charge in [0.25, 0.3) is 0 Å². The Morgan fingerprint density at radius 2 is 1.71 bits per heavy atom. The van der Waals surface area contributed by atoms with Gasteiger partial charge in [-0.1, -0.05) is 20.3 Å². The molecule has 2 heterocycles. The molecular weight excluding hydrogens is 258 g/mol. The van der Waals surface area contributed by atoms with E-state index >= 15 is 0 Å². The highest BCUT2D eigenvalue weighted by Crippen LogP contribution is 2.19. The Morgan fingerprint density at radius 1 is 1.00 bits per heavy atom. The molecule has 3 unspecified atom stereocenters. The molecule has 1 N–H and O–H groups in total.